The number of carboxylic acids is 1. The highest BCUT2D eigenvalue weighted by Crippen LogP contribution is 1.92. The molecule has 0 saturated heterocycles. The summed E-state index contributed by atoms with van der Waals surface area (Å²) in [7, 11) is -3.41. The number of aliphatic carboxylic acids is 1. The second-order valence-electron chi connectivity index (χ2n) is 2.19. The largest absolute Gasteiger partial charge is 0.480 e. The Labute approximate surface area is 65.5 Å². The minimum atomic E-state index is -3.41. The lowest BCUT2D eigenvalue weighted by Crippen LogP contribution is -2.39. The Morgan fingerprint density at radius 1 is 1.64 bits per heavy atom. The van der Waals surface area contributed by atoms with Gasteiger partial charge in [0.25, 0.3) is 0 Å². The van der Waals surface area contributed by atoms with Crippen LogP contribution in [0, 0.1) is 0 Å². The fraction of sp³-hybridized carbons (Fsp3) is 0.800. The van der Waals surface area contributed by atoms with Gasteiger partial charge in [0, 0.05) is 0 Å². The highest BCUT2D eigenvalue weighted by Gasteiger charge is 2.18. The van der Waals surface area contributed by atoms with E-state index in [1.165, 1.54) is 0 Å². The van der Waals surface area contributed by atoms with Crippen molar-refractivity contribution in [2.24, 2.45) is 0 Å². The smallest absolute Gasteiger partial charge is 0.321 e. The van der Waals surface area contributed by atoms with E-state index < -0.39 is 22.0 Å². The molecule has 5 nitrogen and oxygen atoms in total. The molecule has 0 bridgehead atoms. The number of rotatable bonds is 4. The third kappa shape index (κ3) is 4.74. The second kappa shape index (κ2) is 3.68. The zero-order chi connectivity index (χ0) is 9.07. The van der Waals surface area contributed by atoms with Crippen LogP contribution in [-0.2, 0) is 14.8 Å². The summed E-state index contributed by atoms with van der Waals surface area (Å²) in [5.41, 5.74) is 0. The number of carbonyl (C=O) groups is 1. The topological polar surface area (TPSA) is 83.5 Å². The van der Waals surface area contributed by atoms with E-state index in [2.05, 4.69) is 0 Å². The van der Waals surface area contributed by atoms with E-state index in [1.807, 2.05) is 4.72 Å². The van der Waals surface area contributed by atoms with E-state index in [9.17, 15) is 13.2 Å². The molecule has 0 aliphatic carbocycles. The molecule has 0 aromatic carbocycles. The molecule has 0 rings (SSSR count). The van der Waals surface area contributed by atoms with Crippen LogP contribution in [0.2, 0.25) is 0 Å². The SMILES string of the molecule is CC[C@@H](NS(C)(=O)=O)C(=O)O. The second-order valence-corrected chi connectivity index (χ2v) is 3.97. The monoisotopic (exact) mass is 181 g/mol. The van der Waals surface area contributed by atoms with Gasteiger partial charge in [0.15, 0.2) is 0 Å². The molecule has 11 heavy (non-hydrogen) atoms. The van der Waals surface area contributed by atoms with Crippen molar-refractivity contribution in [2.75, 3.05) is 6.26 Å². The first-order chi connectivity index (χ1) is 4.87. The summed E-state index contributed by atoms with van der Waals surface area (Å²) >= 11 is 0. The Morgan fingerprint density at radius 2 is 2.09 bits per heavy atom. The molecule has 0 aromatic heterocycles. The Morgan fingerprint density at radius 3 is 2.18 bits per heavy atom. The molecule has 0 fully saturated rings. The number of hydrogen-bond donors (Lipinski definition) is 2. The van der Waals surface area contributed by atoms with E-state index in [4.69, 9.17) is 5.11 Å². The first kappa shape index (κ1) is 10.4. The lowest BCUT2D eigenvalue weighted by molar-refractivity contribution is -0.139. The van der Waals surface area contributed by atoms with Crippen LogP contribution in [0.4, 0.5) is 0 Å². The molecular weight excluding hydrogens is 170 g/mol. The van der Waals surface area contributed by atoms with E-state index in [0.717, 1.165) is 6.26 Å². The molecular formula is C5H11NO4S. The van der Waals surface area contributed by atoms with Crippen molar-refractivity contribution in [3.8, 4) is 0 Å². The van der Waals surface area contributed by atoms with Crippen LogP contribution in [-0.4, -0.2) is 31.8 Å². The Balaban J connectivity index is 4.22. The Bertz CT molecular complexity index is 233. The molecule has 0 spiro atoms. The van der Waals surface area contributed by atoms with Crippen molar-refractivity contribution in [3.63, 3.8) is 0 Å². The number of nitrogens with one attached hydrogen (secondary N) is 1. The van der Waals surface area contributed by atoms with Gasteiger partial charge >= 0.3 is 5.97 Å². The minimum absolute atomic E-state index is 0.238. The molecule has 0 unspecified atom stereocenters. The normalized spacial score (nSPS) is 14.4. The molecule has 6 heteroatoms. The quantitative estimate of drug-likeness (QED) is 0.606. The fourth-order valence-corrected chi connectivity index (χ4v) is 1.35. The van der Waals surface area contributed by atoms with Crippen molar-refractivity contribution < 1.29 is 18.3 Å². The van der Waals surface area contributed by atoms with Crippen molar-refractivity contribution in [3.05, 3.63) is 0 Å². The van der Waals surface area contributed by atoms with Gasteiger partial charge in [-0.1, -0.05) is 6.92 Å². The molecule has 0 aliphatic rings. The summed E-state index contributed by atoms with van der Waals surface area (Å²) in [5, 5.41) is 8.41. The van der Waals surface area contributed by atoms with Crippen LogP contribution in [0.25, 0.3) is 0 Å². The van der Waals surface area contributed by atoms with Crippen LogP contribution in [0.5, 0.6) is 0 Å². The predicted molar refractivity (Wildman–Crippen MR) is 39.7 cm³/mol. The summed E-state index contributed by atoms with van der Waals surface area (Å²) in [4.78, 5) is 10.3. The summed E-state index contributed by atoms with van der Waals surface area (Å²) < 4.78 is 23.0. The van der Waals surface area contributed by atoms with Gasteiger partial charge in [-0.25, -0.2) is 13.1 Å². The molecule has 0 aromatic rings. The van der Waals surface area contributed by atoms with Gasteiger partial charge in [0.05, 0.1) is 6.26 Å². The zero-order valence-corrected chi connectivity index (χ0v) is 7.18. The van der Waals surface area contributed by atoms with Gasteiger partial charge in [-0.15, -0.1) is 0 Å². The lowest BCUT2D eigenvalue weighted by Gasteiger charge is -2.08. The van der Waals surface area contributed by atoms with Crippen LogP contribution in [0.3, 0.4) is 0 Å². The third-order valence-electron chi connectivity index (χ3n) is 1.06. The molecule has 1 atom stereocenters. The van der Waals surface area contributed by atoms with Crippen LogP contribution in [0.1, 0.15) is 13.3 Å². The van der Waals surface area contributed by atoms with Gasteiger partial charge in [-0.3, -0.25) is 4.79 Å². The van der Waals surface area contributed by atoms with Gasteiger partial charge in [0.1, 0.15) is 6.04 Å². The highest BCUT2D eigenvalue weighted by molar-refractivity contribution is 7.88. The number of carboxylic acid groups (broad SMARTS) is 1. The first-order valence-corrected chi connectivity index (χ1v) is 4.96. The molecule has 66 valence electrons. The number of hydrogen-bond acceptors (Lipinski definition) is 3. The standard InChI is InChI=1S/C5H11NO4S/c1-3-4(5(7)8)6-11(2,9)10/h4,6H,3H2,1-2H3,(H,7,8)/t4-/m1/s1. The van der Waals surface area contributed by atoms with Crippen LogP contribution < -0.4 is 4.72 Å². The molecule has 0 saturated carbocycles. The molecule has 0 aliphatic heterocycles. The molecule has 0 amide bonds. The first-order valence-electron chi connectivity index (χ1n) is 3.07. The van der Waals surface area contributed by atoms with Crippen LogP contribution in [0.15, 0.2) is 0 Å². The van der Waals surface area contributed by atoms with Gasteiger partial charge in [-0.05, 0) is 6.42 Å². The summed E-state index contributed by atoms with van der Waals surface area (Å²) in [6.45, 7) is 1.59. The minimum Gasteiger partial charge on any atom is -0.480 e. The van der Waals surface area contributed by atoms with E-state index >= 15 is 0 Å². The predicted octanol–water partition coefficient (Wildman–Crippen LogP) is -0.601. The number of sulfonamides is 1. The Hall–Kier alpha value is -0.620. The maximum Gasteiger partial charge on any atom is 0.321 e. The Kier molecular flexibility index (Phi) is 3.47. The van der Waals surface area contributed by atoms with Crippen LogP contribution >= 0.6 is 0 Å². The average molecular weight is 181 g/mol. The van der Waals surface area contributed by atoms with Gasteiger partial charge < -0.3 is 5.11 Å². The fourth-order valence-electron chi connectivity index (χ4n) is 0.567. The maximum absolute atomic E-state index is 10.5. The average Bonchev–Trinajstić information content (AvgIpc) is 1.80. The van der Waals surface area contributed by atoms with E-state index in [0.29, 0.717) is 0 Å². The zero-order valence-electron chi connectivity index (χ0n) is 6.36. The highest BCUT2D eigenvalue weighted by atomic mass is 32.2. The lowest BCUT2D eigenvalue weighted by atomic mass is 10.2. The summed E-state index contributed by atoms with van der Waals surface area (Å²) in [6.07, 6.45) is 1.17. The van der Waals surface area contributed by atoms with E-state index in [1.54, 1.807) is 6.92 Å². The van der Waals surface area contributed by atoms with Gasteiger partial charge in [0.2, 0.25) is 10.0 Å². The van der Waals surface area contributed by atoms with Crippen molar-refractivity contribution in [1.82, 2.24) is 4.72 Å². The molecule has 0 radical (unpaired) electrons. The van der Waals surface area contributed by atoms with Crippen molar-refractivity contribution in [1.29, 1.82) is 0 Å². The van der Waals surface area contributed by atoms with Crippen molar-refractivity contribution >= 4 is 16.0 Å². The third-order valence-corrected chi connectivity index (χ3v) is 1.78. The summed E-state index contributed by atoms with van der Waals surface area (Å²) in [5.74, 6) is -1.15. The van der Waals surface area contributed by atoms with Gasteiger partial charge in [-0.2, -0.15) is 0 Å². The maximum atomic E-state index is 10.5. The van der Waals surface area contributed by atoms with E-state index in [-0.39, 0.29) is 6.42 Å². The van der Waals surface area contributed by atoms with Crippen molar-refractivity contribution in [2.45, 2.75) is 19.4 Å². The molecule has 2 N–H and O–H groups in total. The summed E-state index contributed by atoms with van der Waals surface area (Å²) in [6, 6.07) is -1.01. The molecule has 0 heterocycles.